The van der Waals surface area contributed by atoms with Crippen molar-refractivity contribution in [1.29, 1.82) is 0 Å². The predicted molar refractivity (Wildman–Crippen MR) is 88.7 cm³/mol. The number of aliphatic hydroxyl groups excluding tert-OH is 1. The number of amides is 1. The minimum Gasteiger partial charge on any atom is -0.394 e. The topological polar surface area (TPSA) is 52.6 Å². The third-order valence-corrected chi connectivity index (χ3v) is 4.62. The first-order chi connectivity index (χ1) is 10.5. The van der Waals surface area contributed by atoms with Gasteiger partial charge < -0.3 is 10.4 Å². The molecule has 0 aromatic heterocycles. The molecule has 0 unspecified atom stereocenters. The molecule has 1 fully saturated rings. The first kappa shape index (κ1) is 17.0. The molecule has 1 aromatic carbocycles. The molecule has 4 heteroatoms. The molecule has 0 heterocycles. The van der Waals surface area contributed by atoms with Gasteiger partial charge in [-0.1, -0.05) is 49.1 Å². The predicted octanol–water partition coefficient (Wildman–Crippen LogP) is 2.41. The van der Waals surface area contributed by atoms with Crippen molar-refractivity contribution in [3.8, 4) is 0 Å². The van der Waals surface area contributed by atoms with Gasteiger partial charge in [0.1, 0.15) is 6.04 Å². The number of carbonyl (C=O) groups is 1. The van der Waals surface area contributed by atoms with E-state index in [1.165, 1.54) is 6.42 Å². The van der Waals surface area contributed by atoms with Gasteiger partial charge in [-0.25, -0.2) is 0 Å². The summed E-state index contributed by atoms with van der Waals surface area (Å²) in [5.74, 6) is -0.0217. The van der Waals surface area contributed by atoms with E-state index in [1.54, 1.807) is 0 Å². The standard InChI is InChI=1S/C18H28N2O2/c1-14-8-7-9-15(12-14)16(20(2)3)17(22)19-18(13-21)10-5-4-6-11-18/h7-9,12,16,21H,4-6,10-11,13H2,1-3H3,(H,19,22)/t16-/m1/s1. The highest BCUT2D eigenvalue weighted by atomic mass is 16.3. The molecule has 1 saturated carbocycles. The van der Waals surface area contributed by atoms with Crippen molar-refractivity contribution >= 4 is 5.91 Å². The summed E-state index contributed by atoms with van der Waals surface area (Å²) >= 11 is 0. The van der Waals surface area contributed by atoms with Crippen molar-refractivity contribution in [3.05, 3.63) is 35.4 Å². The van der Waals surface area contributed by atoms with Gasteiger partial charge >= 0.3 is 0 Å². The lowest BCUT2D eigenvalue weighted by Gasteiger charge is -2.38. The van der Waals surface area contributed by atoms with Crippen molar-refractivity contribution in [2.45, 2.75) is 50.6 Å². The highest BCUT2D eigenvalue weighted by Gasteiger charge is 2.35. The summed E-state index contributed by atoms with van der Waals surface area (Å²) in [7, 11) is 3.83. The normalized spacial score (nSPS) is 19.0. The fourth-order valence-corrected chi connectivity index (χ4v) is 3.41. The van der Waals surface area contributed by atoms with Gasteiger partial charge in [0.15, 0.2) is 0 Å². The van der Waals surface area contributed by atoms with Crippen LogP contribution in [0.5, 0.6) is 0 Å². The van der Waals surface area contributed by atoms with Crippen LogP contribution in [0.3, 0.4) is 0 Å². The maximum absolute atomic E-state index is 12.9. The summed E-state index contributed by atoms with van der Waals surface area (Å²) in [6.07, 6.45) is 5.05. The van der Waals surface area contributed by atoms with Gasteiger partial charge in [0.05, 0.1) is 12.1 Å². The van der Waals surface area contributed by atoms with Crippen molar-refractivity contribution < 1.29 is 9.90 Å². The molecule has 0 radical (unpaired) electrons. The van der Waals surface area contributed by atoms with Gasteiger partial charge in [-0.05, 0) is 39.4 Å². The lowest BCUT2D eigenvalue weighted by Crippen LogP contribution is -2.55. The lowest BCUT2D eigenvalue weighted by atomic mass is 9.82. The van der Waals surface area contributed by atoms with Crippen LogP contribution in [0.4, 0.5) is 0 Å². The highest BCUT2D eigenvalue weighted by molar-refractivity contribution is 5.84. The van der Waals surface area contributed by atoms with Crippen LogP contribution >= 0.6 is 0 Å². The fraction of sp³-hybridized carbons (Fsp3) is 0.611. The number of benzene rings is 1. The van der Waals surface area contributed by atoms with Crippen LogP contribution in [0.1, 0.15) is 49.3 Å². The van der Waals surface area contributed by atoms with Gasteiger partial charge in [0, 0.05) is 0 Å². The molecule has 1 aromatic rings. The maximum atomic E-state index is 12.9. The number of hydrogen-bond acceptors (Lipinski definition) is 3. The largest absolute Gasteiger partial charge is 0.394 e. The summed E-state index contributed by atoms with van der Waals surface area (Å²) in [6, 6.07) is 7.73. The zero-order valence-electron chi connectivity index (χ0n) is 13.9. The second kappa shape index (κ2) is 7.25. The van der Waals surface area contributed by atoms with E-state index in [-0.39, 0.29) is 18.6 Å². The molecular weight excluding hydrogens is 276 g/mol. The van der Waals surface area contributed by atoms with E-state index in [2.05, 4.69) is 11.4 Å². The highest BCUT2D eigenvalue weighted by Crippen LogP contribution is 2.29. The van der Waals surface area contributed by atoms with E-state index >= 15 is 0 Å². The Morgan fingerprint density at radius 1 is 1.32 bits per heavy atom. The third-order valence-electron chi connectivity index (χ3n) is 4.62. The Morgan fingerprint density at radius 3 is 2.55 bits per heavy atom. The number of carbonyl (C=O) groups excluding carboxylic acids is 1. The summed E-state index contributed by atoms with van der Waals surface area (Å²) in [5, 5.41) is 12.9. The molecule has 0 bridgehead atoms. The number of rotatable bonds is 5. The first-order valence-corrected chi connectivity index (χ1v) is 8.13. The van der Waals surface area contributed by atoms with Gasteiger partial charge in [-0.3, -0.25) is 9.69 Å². The lowest BCUT2D eigenvalue weighted by molar-refractivity contribution is -0.129. The Labute approximate surface area is 133 Å². The van der Waals surface area contributed by atoms with E-state index in [0.717, 1.165) is 36.8 Å². The fourth-order valence-electron chi connectivity index (χ4n) is 3.41. The maximum Gasteiger partial charge on any atom is 0.242 e. The monoisotopic (exact) mass is 304 g/mol. The third kappa shape index (κ3) is 3.87. The van der Waals surface area contributed by atoms with Gasteiger partial charge in [0.25, 0.3) is 0 Å². The van der Waals surface area contributed by atoms with E-state index < -0.39 is 5.54 Å². The molecular formula is C18H28N2O2. The second-order valence-corrected chi connectivity index (χ2v) is 6.77. The molecule has 2 N–H and O–H groups in total. The van der Waals surface area contributed by atoms with Crippen molar-refractivity contribution in [2.75, 3.05) is 20.7 Å². The number of aliphatic hydroxyl groups is 1. The van der Waals surface area contributed by atoms with Crippen molar-refractivity contribution in [1.82, 2.24) is 10.2 Å². The zero-order chi connectivity index (χ0) is 16.2. The molecule has 22 heavy (non-hydrogen) atoms. The molecule has 0 saturated heterocycles. The van der Waals surface area contributed by atoms with E-state index in [4.69, 9.17) is 0 Å². The Bertz CT molecular complexity index is 508. The second-order valence-electron chi connectivity index (χ2n) is 6.77. The minimum absolute atomic E-state index is 0.0205. The van der Waals surface area contributed by atoms with Crippen LogP contribution in [0.2, 0.25) is 0 Å². The number of hydrogen-bond donors (Lipinski definition) is 2. The zero-order valence-corrected chi connectivity index (χ0v) is 13.9. The van der Waals surface area contributed by atoms with Crippen LogP contribution in [0.15, 0.2) is 24.3 Å². The number of nitrogens with one attached hydrogen (secondary N) is 1. The number of aryl methyl sites for hydroxylation is 1. The van der Waals surface area contributed by atoms with Crippen molar-refractivity contribution in [3.63, 3.8) is 0 Å². The van der Waals surface area contributed by atoms with E-state index in [0.29, 0.717) is 0 Å². The molecule has 4 nitrogen and oxygen atoms in total. The number of likely N-dealkylation sites (N-methyl/N-ethyl adjacent to an activating group) is 1. The first-order valence-electron chi connectivity index (χ1n) is 8.13. The molecule has 0 aliphatic heterocycles. The Hall–Kier alpha value is -1.39. The summed E-state index contributed by atoms with van der Waals surface area (Å²) < 4.78 is 0. The average molecular weight is 304 g/mol. The summed E-state index contributed by atoms with van der Waals surface area (Å²) in [5.41, 5.74) is 1.70. The van der Waals surface area contributed by atoms with Crippen LogP contribution in [0, 0.1) is 6.92 Å². The van der Waals surface area contributed by atoms with Gasteiger partial charge in [-0.2, -0.15) is 0 Å². The van der Waals surface area contributed by atoms with Gasteiger partial charge in [0.2, 0.25) is 5.91 Å². The molecule has 2 rings (SSSR count). The molecule has 1 aliphatic carbocycles. The Morgan fingerprint density at radius 2 is 2.00 bits per heavy atom. The number of nitrogens with zero attached hydrogens (tertiary/aromatic N) is 1. The molecule has 0 spiro atoms. The smallest absolute Gasteiger partial charge is 0.242 e. The van der Waals surface area contributed by atoms with Crippen LogP contribution in [0.25, 0.3) is 0 Å². The quantitative estimate of drug-likeness (QED) is 0.878. The Balaban J connectivity index is 2.19. The molecule has 1 amide bonds. The van der Waals surface area contributed by atoms with Crippen molar-refractivity contribution in [2.24, 2.45) is 0 Å². The Kier molecular flexibility index (Phi) is 5.59. The van der Waals surface area contributed by atoms with E-state index in [9.17, 15) is 9.90 Å². The van der Waals surface area contributed by atoms with Crippen LogP contribution in [-0.2, 0) is 4.79 Å². The summed E-state index contributed by atoms with van der Waals surface area (Å²) in [4.78, 5) is 14.8. The molecule has 122 valence electrons. The molecule has 1 atom stereocenters. The van der Waals surface area contributed by atoms with Gasteiger partial charge in [-0.15, -0.1) is 0 Å². The SMILES string of the molecule is Cc1cccc([C@H](C(=O)NC2(CO)CCCCC2)N(C)C)c1. The minimum atomic E-state index is -0.437. The van der Waals surface area contributed by atoms with E-state index in [1.807, 2.05) is 44.1 Å². The molecule has 1 aliphatic rings. The van der Waals surface area contributed by atoms with Crippen LogP contribution < -0.4 is 5.32 Å². The summed E-state index contributed by atoms with van der Waals surface area (Å²) in [6.45, 7) is 2.05. The average Bonchev–Trinajstić information content (AvgIpc) is 2.48. The van der Waals surface area contributed by atoms with Crippen LogP contribution in [-0.4, -0.2) is 42.2 Å².